The molecule has 6 rings (SSSR count). The third kappa shape index (κ3) is 6.17. The maximum Gasteiger partial charge on any atom is 0.237 e. The molecular formula is C31H33N5O3. The molecule has 2 aromatic heterocycles. The molecule has 2 aromatic carbocycles. The summed E-state index contributed by atoms with van der Waals surface area (Å²) in [6, 6.07) is 17.3. The van der Waals surface area contributed by atoms with Crippen molar-refractivity contribution in [2.45, 2.75) is 52.0 Å². The van der Waals surface area contributed by atoms with E-state index in [1.807, 2.05) is 43.3 Å². The molecule has 8 nitrogen and oxygen atoms in total. The number of aromatic nitrogens is 3. The van der Waals surface area contributed by atoms with Crippen molar-refractivity contribution in [2.24, 2.45) is 5.92 Å². The monoisotopic (exact) mass is 523 g/mol. The SMILES string of the molecule is Cc1ccc(Oc2ccc3nc(NC(=O)C4CC4)cn3n2)cc1CC(=O)c1cccc(CN2CCCCC2)c1. The summed E-state index contributed by atoms with van der Waals surface area (Å²) in [6.07, 6.45) is 7.67. The number of anilines is 1. The van der Waals surface area contributed by atoms with Gasteiger partial charge in [0.2, 0.25) is 11.8 Å². The number of carbonyl (C=O) groups is 2. The van der Waals surface area contributed by atoms with Gasteiger partial charge in [-0.25, -0.2) is 9.50 Å². The van der Waals surface area contributed by atoms with Gasteiger partial charge in [-0.3, -0.25) is 14.5 Å². The number of nitrogens with zero attached hydrogens (tertiary/aromatic N) is 4. The van der Waals surface area contributed by atoms with E-state index in [1.54, 1.807) is 22.8 Å². The van der Waals surface area contributed by atoms with E-state index < -0.39 is 0 Å². The number of likely N-dealkylation sites (tertiary alicyclic amines) is 1. The molecule has 0 radical (unpaired) electrons. The molecule has 1 N–H and O–H groups in total. The van der Waals surface area contributed by atoms with E-state index in [-0.39, 0.29) is 17.6 Å². The van der Waals surface area contributed by atoms with Crippen molar-refractivity contribution in [3.63, 3.8) is 0 Å². The van der Waals surface area contributed by atoms with Crippen LogP contribution in [0.25, 0.3) is 5.65 Å². The lowest BCUT2D eigenvalue weighted by atomic mass is 9.98. The zero-order valence-corrected chi connectivity index (χ0v) is 22.2. The van der Waals surface area contributed by atoms with Crippen LogP contribution in [-0.2, 0) is 17.8 Å². The lowest BCUT2D eigenvalue weighted by Crippen LogP contribution is -2.29. The van der Waals surface area contributed by atoms with Crippen molar-refractivity contribution in [1.29, 1.82) is 0 Å². The maximum absolute atomic E-state index is 13.2. The van der Waals surface area contributed by atoms with Crippen LogP contribution in [0.15, 0.2) is 60.8 Å². The molecule has 1 amide bonds. The van der Waals surface area contributed by atoms with Gasteiger partial charge >= 0.3 is 0 Å². The minimum absolute atomic E-state index is 0.00494. The normalized spacial score (nSPS) is 15.8. The van der Waals surface area contributed by atoms with E-state index in [1.165, 1.54) is 24.8 Å². The van der Waals surface area contributed by atoms with E-state index in [9.17, 15) is 9.59 Å². The second-order valence-electron chi connectivity index (χ2n) is 10.7. The summed E-state index contributed by atoms with van der Waals surface area (Å²) in [5.74, 6) is 1.68. The van der Waals surface area contributed by atoms with Crippen LogP contribution in [0.2, 0.25) is 0 Å². The molecule has 200 valence electrons. The van der Waals surface area contributed by atoms with Gasteiger partial charge in [-0.05, 0) is 86.7 Å². The predicted molar refractivity (Wildman–Crippen MR) is 149 cm³/mol. The van der Waals surface area contributed by atoms with E-state index >= 15 is 0 Å². The lowest BCUT2D eigenvalue weighted by molar-refractivity contribution is -0.117. The summed E-state index contributed by atoms with van der Waals surface area (Å²) in [6.45, 7) is 5.16. The summed E-state index contributed by atoms with van der Waals surface area (Å²) >= 11 is 0. The Kier molecular flexibility index (Phi) is 7.11. The molecule has 1 aliphatic heterocycles. The number of aryl methyl sites for hydroxylation is 1. The average molecular weight is 524 g/mol. The first kappa shape index (κ1) is 25.2. The number of rotatable bonds is 9. The Morgan fingerprint density at radius 3 is 2.69 bits per heavy atom. The molecule has 0 spiro atoms. The molecule has 2 aliphatic rings. The van der Waals surface area contributed by atoms with Crippen LogP contribution in [-0.4, -0.2) is 44.3 Å². The molecule has 39 heavy (non-hydrogen) atoms. The van der Waals surface area contributed by atoms with Gasteiger partial charge in [0.15, 0.2) is 17.2 Å². The number of carbonyl (C=O) groups excluding carboxylic acids is 2. The van der Waals surface area contributed by atoms with E-state index in [0.717, 1.165) is 49.2 Å². The number of ketones is 1. The van der Waals surface area contributed by atoms with Crippen LogP contribution in [0.4, 0.5) is 5.82 Å². The minimum atomic E-state index is 0.00494. The molecular weight excluding hydrogens is 490 g/mol. The predicted octanol–water partition coefficient (Wildman–Crippen LogP) is 5.59. The first-order valence-electron chi connectivity index (χ1n) is 13.8. The summed E-state index contributed by atoms with van der Waals surface area (Å²) in [5, 5.41) is 7.33. The fourth-order valence-electron chi connectivity index (χ4n) is 5.07. The number of ether oxygens (including phenoxy) is 1. The van der Waals surface area contributed by atoms with Crippen LogP contribution in [0, 0.1) is 12.8 Å². The lowest BCUT2D eigenvalue weighted by Gasteiger charge is -2.26. The van der Waals surface area contributed by atoms with E-state index in [4.69, 9.17) is 4.74 Å². The smallest absolute Gasteiger partial charge is 0.237 e. The Bertz CT molecular complexity index is 1520. The van der Waals surface area contributed by atoms with Gasteiger partial charge in [0.05, 0.1) is 6.20 Å². The van der Waals surface area contributed by atoms with Gasteiger partial charge in [0.1, 0.15) is 5.75 Å². The van der Waals surface area contributed by atoms with Gasteiger partial charge in [-0.1, -0.05) is 30.7 Å². The topological polar surface area (TPSA) is 88.8 Å². The largest absolute Gasteiger partial charge is 0.438 e. The van der Waals surface area contributed by atoms with Crippen molar-refractivity contribution in [2.75, 3.05) is 18.4 Å². The molecule has 8 heteroatoms. The molecule has 4 aromatic rings. The molecule has 0 unspecified atom stereocenters. The number of Topliss-reactive ketones (excluding diaryl/α,β-unsaturated/α-hetero) is 1. The molecule has 1 saturated heterocycles. The fraction of sp³-hybridized carbons (Fsp3) is 0.355. The molecule has 3 heterocycles. The van der Waals surface area contributed by atoms with Crippen molar-refractivity contribution >= 4 is 23.2 Å². The second kappa shape index (κ2) is 11.0. The van der Waals surface area contributed by atoms with Crippen LogP contribution < -0.4 is 10.1 Å². The zero-order valence-electron chi connectivity index (χ0n) is 22.2. The number of piperidine rings is 1. The summed E-state index contributed by atoms with van der Waals surface area (Å²) in [4.78, 5) is 32.2. The second-order valence-corrected chi connectivity index (χ2v) is 10.7. The maximum atomic E-state index is 13.2. The fourth-order valence-corrected chi connectivity index (χ4v) is 5.07. The van der Waals surface area contributed by atoms with E-state index in [0.29, 0.717) is 29.5 Å². The number of hydrogen-bond donors (Lipinski definition) is 1. The molecule has 1 aliphatic carbocycles. The van der Waals surface area contributed by atoms with Crippen molar-refractivity contribution in [1.82, 2.24) is 19.5 Å². The number of nitrogens with one attached hydrogen (secondary N) is 1. The van der Waals surface area contributed by atoms with Crippen molar-refractivity contribution in [3.05, 3.63) is 83.0 Å². The number of fused-ring (bicyclic) bond motifs is 1. The Hall–Kier alpha value is -4.04. The highest BCUT2D eigenvalue weighted by Gasteiger charge is 2.30. The Balaban J connectivity index is 1.13. The minimum Gasteiger partial charge on any atom is -0.438 e. The molecule has 0 bridgehead atoms. The highest BCUT2D eigenvalue weighted by molar-refractivity contribution is 5.98. The zero-order chi connectivity index (χ0) is 26.8. The summed E-state index contributed by atoms with van der Waals surface area (Å²) < 4.78 is 7.64. The van der Waals surface area contributed by atoms with Crippen molar-refractivity contribution < 1.29 is 14.3 Å². The third-order valence-corrected chi connectivity index (χ3v) is 7.49. The van der Waals surface area contributed by atoms with Crippen LogP contribution in [0.3, 0.4) is 0 Å². The van der Waals surface area contributed by atoms with Crippen LogP contribution in [0.1, 0.15) is 59.2 Å². The first-order chi connectivity index (χ1) is 19.0. The first-order valence-corrected chi connectivity index (χ1v) is 13.8. The number of amides is 1. The Morgan fingerprint density at radius 2 is 1.87 bits per heavy atom. The quantitative estimate of drug-likeness (QED) is 0.288. The van der Waals surface area contributed by atoms with Crippen LogP contribution in [0.5, 0.6) is 11.6 Å². The average Bonchev–Trinajstić information content (AvgIpc) is 3.72. The van der Waals surface area contributed by atoms with Gasteiger partial charge in [-0.2, -0.15) is 0 Å². The van der Waals surface area contributed by atoms with Gasteiger partial charge in [-0.15, -0.1) is 5.10 Å². The van der Waals surface area contributed by atoms with Crippen molar-refractivity contribution in [3.8, 4) is 11.6 Å². The van der Waals surface area contributed by atoms with Gasteiger partial charge < -0.3 is 10.1 Å². The Morgan fingerprint density at radius 1 is 1.03 bits per heavy atom. The third-order valence-electron chi connectivity index (χ3n) is 7.49. The summed E-state index contributed by atoms with van der Waals surface area (Å²) in [7, 11) is 0. The highest BCUT2D eigenvalue weighted by atomic mass is 16.5. The van der Waals surface area contributed by atoms with Gasteiger partial charge in [0, 0.05) is 30.5 Å². The molecule has 0 atom stereocenters. The molecule has 1 saturated carbocycles. The molecule has 2 fully saturated rings. The van der Waals surface area contributed by atoms with E-state index in [2.05, 4.69) is 26.4 Å². The Labute approximate surface area is 228 Å². The number of hydrogen-bond acceptors (Lipinski definition) is 6. The summed E-state index contributed by atoms with van der Waals surface area (Å²) in [5.41, 5.74) is 4.51. The number of benzene rings is 2. The van der Waals surface area contributed by atoms with Gasteiger partial charge in [0.25, 0.3) is 0 Å². The standard InChI is InChI=1S/C31H33N5O3/c1-21-8-11-26(39-30-13-12-29-32-28(20-36(29)34-30)33-31(38)23-9-10-23)17-25(21)18-27(37)24-7-5-6-22(16-24)19-35-14-3-2-4-15-35/h5-8,11-13,16-17,20,23H,2-4,9-10,14-15,18-19H2,1H3,(H,33,38). The number of imidazole rings is 1. The highest BCUT2D eigenvalue weighted by Crippen LogP contribution is 2.30. The van der Waals surface area contributed by atoms with Crippen LogP contribution >= 0.6 is 0 Å².